The molecule has 22 heavy (non-hydrogen) atoms. The molecule has 0 aliphatic rings. The van der Waals surface area contributed by atoms with E-state index in [9.17, 15) is 4.79 Å². The quantitative estimate of drug-likeness (QED) is 0.532. The minimum Gasteiger partial charge on any atom is -0.317 e. The van der Waals surface area contributed by atoms with E-state index in [4.69, 9.17) is 0 Å². The van der Waals surface area contributed by atoms with Crippen LogP contribution in [0.5, 0.6) is 0 Å². The van der Waals surface area contributed by atoms with Gasteiger partial charge in [0.1, 0.15) is 0 Å². The number of nitrogens with zero attached hydrogens (tertiary/aromatic N) is 2. The maximum absolute atomic E-state index is 11.4. The summed E-state index contributed by atoms with van der Waals surface area (Å²) in [5, 5.41) is 2.41. The Morgan fingerprint density at radius 2 is 1.68 bits per heavy atom. The summed E-state index contributed by atoms with van der Waals surface area (Å²) < 4.78 is 1.98. The highest BCUT2D eigenvalue weighted by atomic mass is 16.1. The van der Waals surface area contributed by atoms with E-state index < -0.39 is 0 Å². The van der Waals surface area contributed by atoms with E-state index in [1.165, 1.54) is 16.3 Å². The fourth-order valence-electron chi connectivity index (χ4n) is 2.95. The van der Waals surface area contributed by atoms with Crippen LogP contribution in [0.25, 0.3) is 21.8 Å². The molecule has 1 aromatic heterocycles. The molecule has 0 fully saturated rings. The molecule has 0 saturated carbocycles. The van der Waals surface area contributed by atoms with Gasteiger partial charge in [-0.3, -0.25) is 4.79 Å². The van der Waals surface area contributed by atoms with E-state index in [1.807, 2.05) is 41.0 Å². The molecule has 3 aromatic carbocycles. The van der Waals surface area contributed by atoms with Gasteiger partial charge in [-0.25, -0.2) is 4.98 Å². The molecule has 106 valence electrons. The summed E-state index contributed by atoms with van der Waals surface area (Å²) in [7, 11) is 0. The van der Waals surface area contributed by atoms with Gasteiger partial charge in [0.05, 0.1) is 17.6 Å². The second-order valence-corrected chi connectivity index (χ2v) is 5.30. The lowest BCUT2D eigenvalue weighted by molar-refractivity contribution is 0.111. The van der Waals surface area contributed by atoms with Crippen LogP contribution in [0.4, 0.5) is 0 Å². The summed E-state index contributed by atoms with van der Waals surface area (Å²) in [6, 6.07) is 22.4. The van der Waals surface area contributed by atoms with Gasteiger partial charge in [0.25, 0.3) is 0 Å². The minimum atomic E-state index is 0.467. The van der Waals surface area contributed by atoms with Crippen molar-refractivity contribution in [3.63, 3.8) is 0 Å². The molecule has 0 saturated heterocycles. The highest BCUT2D eigenvalue weighted by Gasteiger charge is 2.11. The van der Waals surface area contributed by atoms with Crippen molar-refractivity contribution < 1.29 is 4.79 Å². The molecular weight excluding hydrogens is 272 g/mol. The monoisotopic (exact) mass is 286 g/mol. The van der Waals surface area contributed by atoms with Crippen molar-refractivity contribution in [3.05, 3.63) is 78.1 Å². The lowest BCUT2D eigenvalue weighted by atomic mass is 10.0. The number of carbonyl (C=O) groups excluding carboxylic acids is 1. The molecular formula is C19H14N2O. The predicted molar refractivity (Wildman–Crippen MR) is 88.2 cm³/mol. The zero-order valence-corrected chi connectivity index (χ0v) is 11.9. The Morgan fingerprint density at radius 1 is 0.909 bits per heavy atom. The third-order valence-corrected chi connectivity index (χ3v) is 4.00. The summed E-state index contributed by atoms with van der Waals surface area (Å²) in [6.07, 6.45) is 0.825. The highest BCUT2D eigenvalue weighted by molar-refractivity contribution is 5.87. The van der Waals surface area contributed by atoms with Crippen LogP contribution in [0.2, 0.25) is 0 Å². The SMILES string of the molecule is O=Cc1nc2ccccc2n1Cc1cccc2ccccc12. The lowest BCUT2D eigenvalue weighted by Gasteiger charge is -2.09. The molecule has 0 unspecified atom stereocenters. The number of carbonyl (C=O) groups is 1. The molecule has 0 aliphatic heterocycles. The zero-order valence-electron chi connectivity index (χ0n) is 11.9. The Morgan fingerprint density at radius 3 is 2.59 bits per heavy atom. The fraction of sp³-hybridized carbons (Fsp3) is 0.0526. The van der Waals surface area contributed by atoms with Crippen molar-refractivity contribution in [2.45, 2.75) is 6.54 Å². The molecule has 3 heteroatoms. The topological polar surface area (TPSA) is 34.9 Å². The van der Waals surface area contributed by atoms with Gasteiger partial charge >= 0.3 is 0 Å². The van der Waals surface area contributed by atoms with Gasteiger partial charge in [-0.2, -0.15) is 0 Å². The molecule has 4 rings (SSSR count). The summed E-state index contributed by atoms with van der Waals surface area (Å²) >= 11 is 0. The van der Waals surface area contributed by atoms with E-state index in [1.54, 1.807) is 0 Å². The third kappa shape index (κ3) is 1.99. The van der Waals surface area contributed by atoms with Crippen LogP contribution >= 0.6 is 0 Å². The Labute approximate surface area is 127 Å². The first-order chi connectivity index (χ1) is 10.9. The first kappa shape index (κ1) is 12.8. The Bertz CT molecular complexity index is 980. The first-order valence-electron chi connectivity index (χ1n) is 7.24. The van der Waals surface area contributed by atoms with E-state index in [0.717, 1.165) is 17.3 Å². The summed E-state index contributed by atoms with van der Waals surface area (Å²) in [6.45, 7) is 0.635. The number of rotatable bonds is 3. The molecule has 0 radical (unpaired) electrons. The number of aldehydes is 1. The standard InChI is InChI=1S/C19H14N2O/c22-13-19-20-17-10-3-4-11-18(17)21(19)12-15-8-5-7-14-6-1-2-9-16(14)15/h1-11,13H,12H2. The van der Waals surface area contributed by atoms with E-state index in [-0.39, 0.29) is 0 Å². The van der Waals surface area contributed by atoms with Crippen LogP contribution in [0.1, 0.15) is 16.2 Å². The minimum absolute atomic E-state index is 0.467. The number of fused-ring (bicyclic) bond motifs is 2. The third-order valence-electron chi connectivity index (χ3n) is 4.00. The van der Waals surface area contributed by atoms with Gasteiger partial charge in [-0.05, 0) is 28.5 Å². The fourth-order valence-corrected chi connectivity index (χ4v) is 2.95. The van der Waals surface area contributed by atoms with Crippen molar-refractivity contribution in [3.8, 4) is 0 Å². The van der Waals surface area contributed by atoms with Gasteiger partial charge in [0, 0.05) is 0 Å². The maximum atomic E-state index is 11.4. The van der Waals surface area contributed by atoms with Gasteiger partial charge < -0.3 is 4.57 Å². The summed E-state index contributed by atoms with van der Waals surface area (Å²) in [5.74, 6) is 0.467. The largest absolute Gasteiger partial charge is 0.317 e. The Hall–Kier alpha value is -2.94. The van der Waals surface area contributed by atoms with E-state index in [2.05, 4.69) is 35.3 Å². The second kappa shape index (κ2) is 5.11. The smallest absolute Gasteiger partial charge is 0.185 e. The van der Waals surface area contributed by atoms with Crippen molar-refractivity contribution in [1.82, 2.24) is 9.55 Å². The molecule has 0 N–H and O–H groups in total. The summed E-state index contributed by atoms with van der Waals surface area (Å²) in [5.41, 5.74) is 3.02. The normalized spacial score (nSPS) is 11.1. The maximum Gasteiger partial charge on any atom is 0.185 e. The molecule has 4 aromatic rings. The number of hydrogen-bond acceptors (Lipinski definition) is 2. The van der Waals surface area contributed by atoms with Crippen LogP contribution in [0.15, 0.2) is 66.7 Å². The van der Waals surface area contributed by atoms with Crippen LogP contribution in [-0.2, 0) is 6.54 Å². The molecule has 3 nitrogen and oxygen atoms in total. The number of benzene rings is 3. The van der Waals surface area contributed by atoms with Crippen molar-refractivity contribution >= 4 is 28.1 Å². The lowest BCUT2D eigenvalue weighted by Crippen LogP contribution is -2.04. The van der Waals surface area contributed by atoms with Crippen molar-refractivity contribution in [1.29, 1.82) is 0 Å². The van der Waals surface area contributed by atoms with E-state index in [0.29, 0.717) is 12.4 Å². The average molecular weight is 286 g/mol. The van der Waals surface area contributed by atoms with Crippen LogP contribution < -0.4 is 0 Å². The van der Waals surface area contributed by atoms with E-state index >= 15 is 0 Å². The zero-order chi connectivity index (χ0) is 14.9. The Kier molecular flexibility index (Phi) is 2.97. The van der Waals surface area contributed by atoms with Crippen molar-refractivity contribution in [2.75, 3.05) is 0 Å². The molecule has 0 atom stereocenters. The van der Waals surface area contributed by atoms with Crippen LogP contribution in [0.3, 0.4) is 0 Å². The predicted octanol–water partition coefficient (Wildman–Crippen LogP) is 4.05. The average Bonchev–Trinajstić information content (AvgIpc) is 2.93. The Balaban J connectivity index is 1.91. The van der Waals surface area contributed by atoms with Crippen LogP contribution in [-0.4, -0.2) is 15.8 Å². The summed E-state index contributed by atoms with van der Waals surface area (Å²) in [4.78, 5) is 15.8. The molecule has 0 bridgehead atoms. The highest BCUT2D eigenvalue weighted by Crippen LogP contribution is 2.22. The van der Waals surface area contributed by atoms with Gasteiger partial charge in [-0.1, -0.05) is 54.6 Å². The number of aromatic nitrogens is 2. The number of imidazole rings is 1. The molecule has 0 spiro atoms. The van der Waals surface area contributed by atoms with Gasteiger partial charge in [0.15, 0.2) is 12.1 Å². The van der Waals surface area contributed by atoms with Gasteiger partial charge in [0.2, 0.25) is 0 Å². The molecule has 0 amide bonds. The van der Waals surface area contributed by atoms with Crippen LogP contribution in [0, 0.1) is 0 Å². The molecule has 0 aliphatic carbocycles. The van der Waals surface area contributed by atoms with Crippen molar-refractivity contribution in [2.24, 2.45) is 0 Å². The number of para-hydroxylation sites is 2. The van der Waals surface area contributed by atoms with Gasteiger partial charge in [-0.15, -0.1) is 0 Å². The molecule has 1 heterocycles. The second-order valence-electron chi connectivity index (χ2n) is 5.30. The number of hydrogen-bond donors (Lipinski definition) is 0. The first-order valence-corrected chi connectivity index (χ1v) is 7.24.